The molecule has 3 heterocycles. The molecule has 0 N–H and O–H groups in total. The Hall–Kier alpha value is -3.24. The lowest BCUT2D eigenvalue weighted by Crippen LogP contribution is -2.39. The van der Waals surface area contributed by atoms with E-state index < -0.39 is 12.0 Å². The lowest BCUT2D eigenvalue weighted by molar-refractivity contribution is -0.139. The summed E-state index contributed by atoms with van der Waals surface area (Å²) >= 11 is 3.54. The van der Waals surface area contributed by atoms with Crippen molar-refractivity contribution >= 4 is 46.0 Å². The Morgan fingerprint density at radius 2 is 1.83 bits per heavy atom. The van der Waals surface area contributed by atoms with Gasteiger partial charge in [-0.1, -0.05) is 53.3 Å². The van der Waals surface area contributed by atoms with Crippen LogP contribution in [0, 0.1) is 10.5 Å². The van der Waals surface area contributed by atoms with Crippen LogP contribution in [-0.4, -0.2) is 17.1 Å². The molecule has 0 saturated heterocycles. The van der Waals surface area contributed by atoms with E-state index in [-0.39, 0.29) is 12.2 Å². The van der Waals surface area contributed by atoms with Crippen LogP contribution in [0.1, 0.15) is 36.8 Å². The highest BCUT2D eigenvalue weighted by atomic mass is 127. The number of thiazole rings is 1. The standard InChI is InChI=1S/C28H23IN2O4S/c1-4-34-27(33)24-17(3)30-28-31(25(24)19-7-5-16(2)6-8-19)26(32)23(36-28)15-21-13-14-22(35-21)18-9-11-20(29)12-10-18/h5-15,25H,4H2,1-3H3/b23-15-/t25-/m1/s1. The van der Waals surface area contributed by atoms with Crippen molar-refractivity contribution in [1.82, 2.24) is 4.57 Å². The summed E-state index contributed by atoms with van der Waals surface area (Å²) in [4.78, 5) is 31.8. The van der Waals surface area contributed by atoms with Crippen LogP contribution in [0.4, 0.5) is 0 Å². The minimum Gasteiger partial charge on any atom is -0.463 e. The van der Waals surface area contributed by atoms with E-state index in [4.69, 9.17) is 9.15 Å². The predicted molar refractivity (Wildman–Crippen MR) is 148 cm³/mol. The summed E-state index contributed by atoms with van der Waals surface area (Å²) in [6, 6.07) is 19.0. The zero-order valence-corrected chi connectivity index (χ0v) is 22.9. The highest BCUT2D eigenvalue weighted by Crippen LogP contribution is 2.31. The third-order valence-electron chi connectivity index (χ3n) is 5.94. The van der Waals surface area contributed by atoms with Crippen LogP contribution in [0.5, 0.6) is 0 Å². The molecule has 5 rings (SSSR count). The number of allylic oxidation sites excluding steroid dienone is 1. The van der Waals surface area contributed by atoms with Gasteiger partial charge in [0.05, 0.1) is 28.5 Å². The second kappa shape index (κ2) is 10.0. The molecule has 0 radical (unpaired) electrons. The van der Waals surface area contributed by atoms with Crippen LogP contribution in [0.3, 0.4) is 0 Å². The number of aryl methyl sites for hydroxylation is 1. The first kappa shape index (κ1) is 24.5. The number of esters is 1. The second-order valence-electron chi connectivity index (χ2n) is 8.42. The van der Waals surface area contributed by atoms with Gasteiger partial charge in [0.15, 0.2) is 4.80 Å². The predicted octanol–water partition coefficient (Wildman–Crippen LogP) is 4.97. The zero-order chi connectivity index (χ0) is 25.4. The van der Waals surface area contributed by atoms with Crippen molar-refractivity contribution in [3.63, 3.8) is 0 Å². The molecule has 2 aromatic carbocycles. The number of benzene rings is 2. The van der Waals surface area contributed by atoms with Gasteiger partial charge in [-0.3, -0.25) is 9.36 Å². The van der Waals surface area contributed by atoms with E-state index in [1.54, 1.807) is 24.5 Å². The number of furan rings is 1. The Bertz CT molecular complexity index is 1660. The molecule has 2 aromatic heterocycles. The molecule has 182 valence electrons. The average molecular weight is 610 g/mol. The smallest absolute Gasteiger partial charge is 0.338 e. The molecule has 0 saturated carbocycles. The first-order chi connectivity index (χ1) is 17.4. The van der Waals surface area contributed by atoms with Crippen LogP contribution in [0.15, 0.2) is 86.1 Å². The second-order valence-corrected chi connectivity index (χ2v) is 10.7. The number of carbonyl (C=O) groups is 1. The van der Waals surface area contributed by atoms with Gasteiger partial charge in [-0.05, 0) is 73.2 Å². The third kappa shape index (κ3) is 4.62. The lowest BCUT2D eigenvalue weighted by atomic mass is 9.95. The Morgan fingerprint density at radius 1 is 1.11 bits per heavy atom. The van der Waals surface area contributed by atoms with E-state index in [1.807, 2.05) is 67.6 Å². The highest BCUT2D eigenvalue weighted by Gasteiger charge is 2.33. The van der Waals surface area contributed by atoms with Crippen molar-refractivity contribution in [1.29, 1.82) is 0 Å². The largest absolute Gasteiger partial charge is 0.463 e. The average Bonchev–Trinajstić information content (AvgIpc) is 3.44. The van der Waals surface area contributed by atoms with Crippen LogP contribution < -0.4 is 14.9 Å². The number of hydrogen-bond acceptors (Lipinski definition) is 6. The van der Waals surface area contributed by atoms with Crippen molar-refractivity contribution in [2.24, 2.45) is 4.99 Å². The van der Waals surface area contributed by atoms with Crippen LogP contribution in [0.25, 0.3) is 17.4 Å². The summed E-state index contributed by atoms with van der Waals surface area (Å²) in [5, 5.41) is 0. The fraction of sp³-hybridized carbons (Fsp3) is 0.179. The summed E-state index contributed by atoms with van der Waals surface area (Å²) in [5.41, 5.74) is 3.57. The van der Waals surface area contributed by atoms with Gasteiger partial charge in [-0.2, -0.15) is 0 Å². The van der Waals surface area contributed by atoms with Crippen molar-refractivity contribution in [3.8, 4) is 11.3 Å². The molecule has 6 nitrogen and oxygen atoms in total. The number of fused-ring (bicyclic) bond motifs is 1. The first-order valence-electron chi connectivity index (χ1n) is 11.5. The summed E-state index contributed by atoms with van der Waals surface area (Å²) in [6.45, 7) is 5.78. The summed E-state index contributed by atoms with van der Waals surface area (Å²) < 4.78 is 14.6. The molecular formula is C28H23IN2O4S. The molecule has 0 fully saturated rings. The molecule has 36 heavy (non-hydrogen) atoms. The molecule has 1 aliphatic heterocycles. The lowest BCUT2D eigenvalue weighted by Gasteiger charge is -2.24. The maximum Gasteiger partial charge on any atom is 0.338 e. The van der Waals surface area contributed by atoms with Gasteiger partial charge >= 0.3 is 5.97 Å². The molecule has 0 unspecified atom stereocenters. The number of ether oxygens (including phenoxy) is 1. The van der Waals surface area contributed by atoms with Crippen molar-refractivity contribution in [2.45, 2.75) is 26.8 Å². The molecule has 1 atom stereocenters. The molecule has 1 aliphatic rings. The summed E-state index contributed by atoms with van der Waals surface area (Å²) in [6.07, 6.45) is 1.73. The van der Waals surface area contributed by atoms with Gasteiger partial charge in [-0.25, -0.2) is 9.79 Å². The maximum atomic E-state index is 13.7. The molecule has 0 bridgehead atoms. The van der Waals surface area contributed by atoms with E-state index in [0.29, 0.717) is 26.4 Å². The topological polar surface area (TPSA) is 73.8 Å². The van der Waals surface area contributed by atoms with Crippen molar-refractivity contribution in [3.05, 3.63) is 112 Å². The first-order valence-corrected chi connectivity index (χ1v) is 13.4. The number of hydrogen-bond donors (Lipinski definition) is 0. The normalized spacial score (nSPS) is 15.6. The SMILES string of the molecule is CCOC(=O)C1=C(C)N=c2s/c(=C\c3ccc(-c4ccc(I)cc4)o3)c(=O)n2[C@@H]1c1ccc(C)cc1. The molecular weight excluding hydrogens is 587 g/mol. The molecule has 0 spiro atoms. The van der Waals surface area contributed by atoms with Gasteiger partial charge in [-0.15, -0.1) is 0 Å². The van der Waals surface area contributed by atoms with Crippen LogP contribution in [-0.2, 0) is 9.53 Å². The van der Waals surface area contributed by atoms with E-state index >= 15 is 0 Å². The van der Waals surface area contributed by atoms with Gasteiger partial charge in [0, 0.05) is 15.2 Å². The summed E-state index contributed by atoms with van der Waals surface area (Å²) in [5.74, 6) is 0.831. The Morgan fingerprint density at radius 3 is 2.53 bits per heavy atom. The van der Waals surface area contributed by atoms with Gasteiger partial charge in [0.2, 0.25) is 0 Å². The van der Waals surface area contributed by atoms with Crippen LogP contribution in [0.2, 0.25) is 0 Å². The summed E-state index contributed by atoms with van der Waals surface area (Å²) in [7, 11) is 0. The fourth-order valence-corrected chi connectivity index (χ4v) is 5.57. The minimum atomic E-state index is -0.623. The van der Waals surface area contributed by atoms with E-state index in [0.717, 1.165) is 26.0 Å². The minimum absolute atomic E-state index is 0.231. The van der Waals surface area contributed by atoms with E-state index in [2.05, 4.69) is 27.6 Å². The van der Waals surface area contributed by atoms with Crippen molar-refractivity contribution in [2.75, 3.05) is 6.61 Å². The monoisotopic (exact) mass is 610 g/mol. The van der Waals surface area contributed by atoms with E-state index in [1.165, 1.54) is 11.3 Å². The number of halogens is 1. The molecule has 0 aliphatic carbocycles. The van der Waals surface area contributed by atoms with Gasteiger partial charge < -0.3 is 9.15 Å². The number of rotatable bonds is 5. The van der Waals surface area contributed by atoms with E-state index in [9.17, 15) is 9.59 Å². The zero-order valence-electron chi connectivity index (χ0n) is 19.9. The molecule has 0 amide bonds. The van der Waals surface area contributed by atoms with Crippen LogP contribution >= 0.6 is 33.9 Å². The Labute approximate surface area is 225 Å². The number of aromatic nitrogens is 1. The third-order valence-corrected chi connectivity index (χ3v) is 7.64. The number of carbonyl (C=O) groups excluding carboxylic acids is 1. The van der Waals surface area contributed by atoms with Gasteiger partial charge in [0.25, 0.3) is 5.56 Å². The fourth-order valence-electron chi connectivity index (χ4n) is 4.18. The molecule has 4 aromatic rings. The Balaban J connectivity index is 1.63. The van der Waals surface area contributed by atoms with Crippen molar-refractivity contribution < 1.29 is 13.9 Å². The number of nitrogens with zero attached hydrogens (tertiary/aromatic N) is 2. The Kier molecular flexibility index (Phi) is 6.81. The highest BCUT2D eigenvalue weighted by molar-refractivity contribution is 14.1. The maximum absolute atomic E-state index is 13.7. The molecule has 8 heteroatoms. The van der Waals surface area contributed by atoms with Gasteiger partial charge in [0.1, 0.15) is 11.5 Å². The quantitative estimate of drug-likeness (QED) is 0.236.